The molecule has 32 heavy (non-hydrogen) atoms. The number of alkyl halides is 3. The second kappa shape index (κ2) is 8.12. The van der Waals surface area contributed by atoms with Crippen molar-refractivity contribution >= 4 is 22.7 Å². The van der Waals surface area contributed by atoms with Crippen LogP contribution in [0.1, 0.15) is 12.0 Å². The summed E-state index contributed by atoms with van der Waals surface area (Å²) in [6.45, 7) is 7.53. The van der Waals surface area contributed by atoms with Gasteiger partial charge in [-0.25, -0.2) is 4.79 Å². The summed E-state index contributed by atoms with van der Waals surface area (Å²) in [7, 11) is 1.55. The number of pyridine rings is 1. The molecule has 0 radical (unpaired) electrons. The van der Waals surface area contributed by atoms with Gasteiger partial charge in [0.15, 0.2) is 5.82 Å². The molecule has 0 saturated carbocycles. The summed E-state index contributed by atoms with van der Waals surface area (Å²) in [5.74, 6) is 0.394. The molecule has 0 amide bonds. The first-order valence-corrected chi connectivity index (χ1v) is 9.69. The molecule has 166 valence electrons. The molecule has 0 bridgehead atoms. The Bertz CT molecular complexity index is 1270. The Morgan fingerprint density at radius 1 is 1.25 bits per heavy atom. The van der Waals surface area contributed by atoms with Crippen LogP contribution >= 0.6 is 0 Å². The number of ether oxygens (including phenoxy) is 1. The minimum atomic E-state index is -4.50. The normalized spacial score (nSPS) is 19.1. The Labute approximate surface area is 180 Å². The fourth-order valence-electron chi connectivity index (χ4n) is 3.64. The van der Waals surface area contributed by atoms with E-state index in [2.05, 4.69) is 14.8 Å². The molecular formula is C21H18F3N5O3. The summed E-state index contributed by atoms with van der Waals surface area (Å²) in [5, 5.41) is 10.6. The second-order valence-electron chi connectivity index (χ2n) is 7.41. The topological polar surface area (TPSA) is 84.8 Å². The molecule has 1 fully saturated rings. The number of benzene rings is 1. The molecule has 1 N–H and O–H groups in total. The molecule has 1 saturated heterocycles. The highest BCUT2D eigenvalue weighted by Gasteiger charge is 2.34. The molecule has 3 heterocycles. The Balaban J connectivity index is 1.58. The smallest absolute Gasteiger partial charge is 0.416 e. The highest BCUT2D eigenvalue weighted by atomic mass is 19.4. The van der Waals surface area contributed by atoms with Crippen LogP contribution in [0.5, 0.6) is 5.75 Å². The van der Waals surface area contributed by atoms with Gasteiger partial charge < -0.3 is 19.6 Å². The van der Waals surface area contributed by atoms with Crippen LogP contribution in [0.25, 0.3) is 15.9 Å². The zero-order valence-electron chi connectivity index (χ0n) is 16.9. The van der Waals surface area contributed by atoms with Crippen molar-refractivity contribution in [2.75, 3.05) is 18.0 Å². The van der Waals surface area contributed by atoms with Gasteiger partial charge in [-0.2, -0.15) is 18.2 Å². The van der Waals surface area contributed by atoms with E-state index in [9.17, 15) is 23.1 Å². The highest BCUT2D eigenvalue weighted by molar-refractivity contribution is 5.87. The molecule has 0 aliphatic carbocycles. The molecule has 2 aromatic heterocycles. The molecule has 2 atom stereocenters. The first-order chi connectivity index (χ1) is 15.2. The van der Waals surface area contributed by atoms with Crippen LogP contribution in [0.15, 0.2) is 41.2 Å². The summed E-state index contributed by atoms with van der Waals surface area (Å²) in [6, 6.07) is 7.61. The number of hydrogen-bond donors (Lipinski definition) is 1. The van der Waals surface area contributed by atoms with Gasteiger partial charge in [0.2, 0.25) is 5.52 Å². The first-order valence-electron chi connectivity index (χ1n) is 9.69. The van der Waals surface area contributed by atoms with E-state index in [1.54, 1.807) is 18.0 Å². The molecular weight excluding hydrogens is 427 g/mol. The van der Waals surface area contributed by atoms with Crippen molar-refractivity contribution in [3.05, 3.63) is 63.9 Å². The number of aliphatic hydroxyl groups is 1. The molecule has 11 heteroatoms. The maximum atomic E-state index is 12.9. The SMILES string of the molecule is [C-]#[N+]c1ccc2c(n1)c(N1CC[C@@H](Oc3cccc(C(F)(F)F)c3)[C@H](O)C1)nc(=O)n2C. The van der Waals surface area contributed by atoms with Gasteiger partial charge in [0.25, 0.3) is 5.82 Å². The molecule has 0 unspecified atom stereocenters. The highest BCUT2D eigenvalue weighted by Crippen LogP contribution is 2.32. The number of nitrogens with zero attached hydrogens (tertiary/aromatic N) is 5. The lowest BCUT2D eigenvalue weighted by Gasteiger charge is -2.36. The van der Waals surface area contributed by atoms with E-state index < -0.39 is 29.6 Å². The maximum Gasteiger partial charge on any atom is 0.416 e. The summed E-state index contributed by atoms with van der Waals surface area (Å²) in [5.41, 5.74) is -0.504. The number of β-amino-alcohol motifs (C(OH)–C–C–N with tert-alkyl or cyclic N) is 1. The monoisotopic (exact) mass is 445 g/mol. The summed E-state index contributed by atoms with van der Waals surface area (Å²) >= 11 is 0. The van der Waals surface area contributed by atoms with Crippen LogP contribution in [-0.2, 0) is 13.2 Å². The summed E-state index contributed by atoms with van der Waals surface area (Å²) in [4.78, 5) is 25.6. The third-order valence-electron chi connectivity index (χ3n) is 5.30. The number of rotatable bonds is 3. The van der Waals surface area contributed by atoms with Crippen LogP contribution in [0, 0.1) is 6.57 Å². The van der Waals surface area contributed by atoms with Crippen molar-refractivity contribution in [1.29, 1.82) is 0 Å². The third kappa shape index (κ3) is 4.09. The van der Waals surface area contributed by atoms with E-state index >= 15 is 0 Å². The van der Waals surface area contributed by atoms with Gasteiger partial charge in [-0.3, -0.25) is 4.57 Å². The van der Waals surface area contributed by atoms with E-state index in [0.717, 1.165) is 12.1 Å². The van der Waals surface area contributed by atoms with Crippen LogP contribution < -0.4 is 15.3 Å². The Kier molecular flexibility index (Phi) is 5.48. The van der Waals surface area contributed by atoms with Crippen LogP contribution in [0.4, 0.5) is 24.8 Å². The van der Waals surface area contributed by atoms with Gasteiger partial charge in [-0.05, 0) is 30.3 Å². The van der Waals surface area contributed by atoms with Crippen molar-refractivity contribution in [3.63, 3.8) is 0 Å². The van der Waals surface area contributed by atoms with Gasteiger partial charge in [0.05, 0.1) is 11.1 Å². The number of aliphatic hydroxyl groups excluding tert-OH is 1. The molecule has 1 aromatic carbocycles. The van der Waals surface area contributed by atoms with Gasteiger partial charge in [0.1, 0.15) is 18.0 Å². The zero-order valence-corrected chi connectivity index (χ0v) is 16.9. The van der Waals surface area contributed by atoms with Crippen LogP contribution in [0.2, 0.25) is 0 Å². The number of piperidine rings is 1. The quantitative estimate of drug-likeness (QED) is 0.624. The molecule has 8 nitrogen and oxygen atoms in total. The molecule has 3 aromatic rings. The van der Waals surface area contributed by atoms with E-state index in [1.165, 1.54) is 22.8 Å². The fraction of sp³-hybridized carbons (Fsp3) is 0.333. The molecule has 1 aliphatic heterocycles. The van der Waals surface area contributed by atoms with Crippen LogP contribution in [0.3, 0.4) is 0 Å². The van der Waals surface area contributed by atoms with Gasteiger partial charge in [-0.15, -0.1) is 4.98 Å². The summed E-state index contributed by atoms with van der Waals surface area (Å²) in [6.07, 6.45) is -6.01. The minimum Gasteiger partial charge on any atom is -0.488 e. The lowest BCUT2D eigenvalue weighted by atomic mass is 10.0. The van der Waals surface area contributed by atoms with E-state index in [4.69, 9.17) is 11.3 Å². The van der Waals surface area contributed by atoms with Crippen molar-refractivity contribution < 1.29 is 23.0 Å². The Morgan fingerprint density at radius 2 is 2.03 bits per heavy atom. The number of halogens is 3. The Hall–Kier alpha value is -3.65. The van der Waals surface area contributed by atoms with E-state index in [1.807, 2.05) is 0 Å². The van der Waals surface area contributed by atoms with Crippen LogP contribution in [-0.4, -0.2) is 44.9 Å². The van der Waals surface area contributed by atoms with E-state index in [0.29, 0.717) is 17.6 Å². The number of aromatic nitrogens is 3. The largest absolute Gasteiger partial charge is 0.488 e. The van der Waals surface area contributed by atoms with Crippen molar-refractivity contribution in [1.82, 2.24) is 14.5 Å². The minimum absolute atomic E-state index is 0.0119. The van der Waals surface area contributed by atoms with Crippen molar-refractivity contribution in [2.45, 2.75) is 24.8 Å². The predicted molar refractivity (Wildman–Crippen MR) is 110 cm³/mol. The first kappa shape index (κ1) is 21.6. The number of aryl methyl sites for hydroxylation is 1. The zero-order chi connectivity index (χ0) is 23.0. The molecule has 1 aliphatic rings. The number of anilines is 1. The third-order valence-corrected chi connectivity index (χ3v) is 5.30. The maximum absolute atomic E-state index is 12.9. The Morgan fingerprint density at radius 3 is 2.72 bits per heavy atom. The van der Waals surface area contributed by atoms with Gasteiger partial charge >= 0.3 is 11.9 Å². The lowest BCUT2D eigenvalue weighted by molar-refractivity contribution is -0.137. The second-order valence-corrected chi connectivity index (χ2v) is 7.41. The average molecular weight is 445 g/mol. The summed E-state index contributed by atoms with van der Waals surface area (Å²) < 4.78 is 45.8. The molecule has 0 spiro atoms. The van der Waals surface area contributed by atoms with E-state index in [-0.39, 0.29) is 30.4 Å². The van der Waals surface area contributed by atoms with Crippen molar-refractivity contribution in [3.8, 4) is 5.75 Å². The van der Waals surface area contributed by atoms with Gasteiger partial charge in [-0.1, -0.05) is 12.6 Å². The standard InChI is InChI=1S/C21H18F3N5O3/c1-25-17-7-6-14-18(26-17)19(27-20(31)28(14)2)29-9-8-16(15(30)11-29)32-13-5-3-4-12(10-13)21(22,23)24/h3-7,10,15-16,30H,8-9,11H2,2H3/t15-,16-/m1/s1. The molecule has 4 rings (SSSR count). The van der Waals surface area contributed by atoms with Gasteiger partial charge in [0, 0.05) is 26.6 Å². The predicted octanol–water partition coefficient (Wildman–Crippen LogP) is 2.92. The number of fused-ring (bicyclic) bond motifs is 1. The fourth-order valence-corrected chi connectivity index (χ4v) is 3.64. The number of hydrogen-bond acceptors (Lipinski definition) is 6. The average Bonchev–Trinajstić information content (AvgIpc) is 2.77. The lowest BCUT2D eigenvalue weighted by Crippen LogP contribution is -2.50. The van der Waals surface area contributed by atoms with Crippen molar-refractivity contribution in [2.24, 2.45) is 7.05 Å².